The number of hydrogen-bond donors (Lipinski definition) is 1. The van der Waals surface area contributed by atoms with Crippen molar-refractivity contribution in [2.45, 2.75) is 20.8 Å². The lowest BCUT2D eigenvalue weighted by atomic mass is 10.1. The Bertz CT molecular complexity index is 674. The van der Waals surface area contributed by atoms with E-state index in [0.717, 1.165) is 16.8 Å². The van der Waals surface area contributed by atoms with Gasteiger partial charge >= 0.3 is 0 Å². The molecule has 0 atom stereocenters. The van der Waals surface area contributed by atoms with Crippen molar-refractivity contribution in [1.29, 1.82) is 5.26 Å². The topological polar surface area (TPSA) is 61.6 Å². The number of anilines is 2. The number of rotatable bonds is 2. The molecule has 5 heteroatoms. The molecule has 0 aliphatic heterocycles. The van der Waals surface area contributed by atoms with E-state index in [0.29, 0.717) is 22.1 Å². The fraction of sp³-hybridized carbons (Fsp3) is 0.214. The third kappa shape index (κ3) is 2.67. The van der Waals surface area contributed by atoms with E-state index in [2.05, 4.69) is 21.6 Å². The fourth-order valence-electron chi connectivity index (χ4n) is 1.68. The van der Waals surface area contributed by atoms with Crippen LogP contribution in [0.1, 0.15) is 22.4 Å². The molecule has 0 amide bonds. The van der Waals surface area contributed by atoms with Crippen molar-refractivity contribution in [2.24, 2.45) is 0 Å². The number of halogens is 1. The molecule has 1 aromatic heterocycles. The third-order valence-corrected chi connectivity index (χ3v) is 3.26. The molecule has 1 N–H and O–H groups in total. The number of aryl methyl sites for hydroxylation is 2. The van der Waals surface area contributed by atoms with Gasteiger partial charge in [0.05, 0.1) is 16.4 Å². The van der Waals surface area contributed by atoms with Gasteiger partial charge in [-0.05, 0) is 44.0 Å². The van der Waals surface area contributed by atoms with E-state index in [1.807, 2.05) is 39.0 Å². The van der Waals surface area contributed by atoms with E-state index in [4.69, 9.17) is 11.6 Å². The zero-order valence-electron chi connectivity index (χ0n) is 11.0. The molecule has 0 aliphatic rings. The van der Waals surface area contributed by atoms with Crippen LogP contribution in [0.15, 0.2) is 18.2 Å². The molecule has 0 radical (unpaired) electrons. The summed E-state index contributed by atoms with van der Waals surface area (Å²) in [6, 6.07) is 7.80. The zero-order valence-corrected chi connectivity index (χ0v) is 11.7. The van der Waals surface area contributed by atoms with Gasteiger partial charge in [-0.1, -0.05) is 17.7 Å². The molecule has 1 heterocycles. The summed E-state index contributed by atoms with van der Waals surface area (Å²) in [5.74, 6) is 0.427. The molecule has 1 aromatic carbocycles. The van der Waals surface area contributed by atoms with Crippen LogP contribution in [-0.2, 0) is 0 Å². The van der Waals surface area contributed by atoms with Crippen molar-refractivity contribution in [2.75, 3.05) is 5.32 Å². The van der Waals surface area contributed by atoms with Gasteiger partial charge in [-0.3, -0.25) is 0 Å². The number of nitrogens with one attached hydrogen (secondary N) is 1. The van der Waals surface area contributed by atoms with Crippen LogP contribution >= 0.6 is 11.6 Å². The van der Waals surface area contributed by atoms with Gasteiger partial charge in [0.1, 0.15) is 11.6 Å². The van der Waals surface area contributed by atoms with E-state index in [-0.39, 0.29) is 0 Å². The van der Waals surface area contributed by atoms with Gasteiger partial charge in [0.15, 0.2) is 5.82 Å². The lowest BCUT2D eigenvalue weighted by Crippen LogP contribution is -2.03. The number of aromatic nitrogens is 2. The molecule has 0 unspecified atom stereocenters. The Morgan fingerprint density at radius 2 is 1.95 bits per heavy atom. The second-order valence-corrected chi connectivity index (χ2v) is 4.76. The standard InChI is InChI=1S/C14H13ClN4/c1-8-4-5-13(12(15)6-8)17-14-11(7-16)9(2)10(3)18-19-14/h4-6H,1-3H3,(H,17,19). The number of benzene rings is 1. The minimum atomic E-state index is 0.427. The van der Waals surface area contributed by atoms with E-state index >= 15 is 0 Å². The van der Waals surface area contributed by atoms with Crippen molar-refractivity contribution >= 4 is 23.1 Å². The highest BCUT2D eigenvalue weighted by molar-refractivity contribution is 6.33. The zero-order chi connectivity index (χ0) is 14.0. The van der Waals surface area contributed by atoms with E-state index in [1.165, 1.54) is 0 Å². The average Bonchev–Trinajstić information content (AvgIpc) is 2.37. The largest absolute Gasteiger partial charge is 0.336 e. The maximum Gasteiger partial charge on any atom is 0.171 e. The molecule has 0 aliphatic carbocycles. The number of hydrogen-bond acceptors (Lipinski definition) is 4. The van der Waals surface area contributed by atoms with Gasteiger partial charge in [-0.25, -0.2) is 0 Å². The van der Waals surface area contributed by atoms with Crippen molar-refractivity contribution in [3.8, 4) is 6.07 Å². The van der Waals surface area contributed by atoms with Crippen LogP contribution in [0, 0.1) is 32.1 Å². The van der Waals surface area contributed by atoms with Crippen LogP contribution in [-0.4, -0.2) is 10.2 Å². The molecule has 0 bridgehead atoms. The Hall–Kier alpha value is -2.12. The summed E-state index contributed by atoms with van der Waals surface area (Å²) in [4.78, 5) is 0. The second-order valence-electron chi connectivity index (χ2n) is 4.35. The summed E-state index contributed by atoms with van der Waals surface area (Å²) in [5, 5.41) is 20.9. The van der Waals surface area contributed by atoms with Crippen LogP contribution in [0.5, 0.6) is 0 Å². The fourth-order valence-corrected chi connectivity index (χ4v) is 1.96. The molecule has 0 saturated heterocycles. The first-order valence-electron chi connectivity index (χ1n) is 5.80. The molecule has 19 heavy (non-hydrogen) atoms. The summed E-state index contributed by atoms with van der Waals surface area (Å²) < 4.78 is 0. The number of nitriles is 1. The predicted molar refractivity (Wildman–Crippen MR) is 75.7 cm³/mol. The quantitative estimate of drug-likeness (QED) is 0.906. The van der Waals surface area contributed by atoms with Gasteiger partial charge in [0.2, 0.25) is 0 Å². The van der Waals surface area contributed by atoms with Crippen molar-refractivity contribution < 1.29 is 0 Å². The normalized spacial score (nSPS) is 10.1. The van der Waals surface area contributed by atoms with E-state index in [9.17, 15) is 5.26 Å². The average molecular weight is 273 g/mol. The van der Waals surface area contributed by atoms with Crippen molar-refractivity contribution in [3.05, 3.63) is 45.6 Å². The van der Waals surface area contributed by atoms with Gasteiger partial charge in [-0.15, -0.1) is 5.10 Å². The first kappa shape index (κ1) is 13.3. The Balaban J connectivity index is 2.44. The van der Waals surface area contributed by atoms with E-state index < -0.39 is 0 Å². The number of nitrogens with zero attached hydrogens (tertiary/aromatic N) is 3. The first-order valence-corrected chi connectivity index (χ1v) is 6.18. The van der Waals surface area contributed by atoms with Crippen LogP contribution in [0.3, 0.4) is 0 Å². The Morgan fingerprint density at radius 1 is 1.21 bits per heavy atom. The third-order valence-electron chi connectivity index (χ3n) is 2.94. The molecular formula is C14H13ClN4. The Labute approximate surface area is 117 Å². The Kier molecular flexibility index (Phi) is 3.68. The maximum absolute atomic E-state index is 9.22. The Morgan fingerprint density at radius 3 is 2.58 bits per heavy atom. The summed E-state index contributed by atoms with van der Waals surface area (Å²) in [6.07, 6.45) is 0. The van der Waals surface area contributed by atoms with Crippen LogP contribution in [0.4, 0.5) is 11.5 Å². The monoisotopic (exact) mass is 272 g/mol. The van der Waals surface area contributed by atoms with Gasteiger partial charge in [-0.2, -0.15) is 10.4 Å². The molecule has 96 valence electrons. The summed E-state index contributed by atoms with van der Waals surface area (Å²) >= 11 is 6.15. The summed E-state index contributed by atoms with van der Waals surface area (Å²) in [7, 11) is 0. The lowest BCUT2D eigenvalue weighted by molar-refractivity contribution is 0.960. The van der Waals surface area contributed by atoms with Gasteiger partial charge in [0, 0.05) is 0 Å². The molecule has 2 rings (SSSR count). The molecule has 2 aromatic rings. The smallest absolute Gasteiger partial charge is 0.171 e. The highest BCUT2D eigenvalue weighted by Crippen LogP contribution is 2.27. The minimum absolute atomic E-state index is 0.427. The molecule has 4 nitrogen and oxygen atoms in total. The summed E-state index contributed by atoms with van der Waals surface area (Å²) in [5.41, 5.74) is 3.84. The SMILES string of the molecule is Cc1ccc(Nc2nnc(C)c(C)c2C#N)c(Cl)c1. The van der Waals surface area contributed by atoms with Crippen LogP contribution < -0.4 is 5.32 Å². The van der Waals surface area contributed by atoms with Crippen LogP contribution in [0.25, 0.3) is 0 Å². The van der Waals surface area contributed by atoms with E-state index in [1.54, 1.807) is 0 Å². The van der Waals surface area contributed by atoms with Gasteiger partial charge in [0.25, 0.3) is 0 Å². The highest BCUT2D eigenvalue weighted by Gasteiger charge is 2.12. The molecular weight excluding hydrogens is 260 g/mol. The van der Waals surface area contributed by atoms with Crippen molar-refractivity contribution in [1.82, 2.24) is 10.2 Å². The second kappa shape index (κ2) is 5.25. The minimum Gasteiger partial charge on any atom is -0.336 e. The maximum atomic E-state index is 9.22. The van der Waals surface area contributed by atoms with Crippen molar-refractivity contribution in [3.63, 3.8) is 0 Å². The summed E-state index contributed by atoms with van der Waals surface area (Å²) in [6.45, 7) is 5.64. The lowest BCUT2D eigenvalue weighted by Gasteiger charge is -2.11. The molecule has 0 spiro atoms. The first-order chi connectivity index (χ1) is 9.02. The van der Waals surface area contributed by atoms with Gasteiger partial charge < -0.3 is 5.32 Å². The highest BCUT2D eigenvalue weighted by atomic mass is 35.5. The molecule has 0 fully saturated rings. The van der Waals surface area contributed by atoms with Crippen LogP contribution in [0.2, 0.25) is 5.02 Å². The molecule has 0 saturated carbocycles. The predicted octanol–water partition coefficient (Wildman–Crippen LogP) is 3.67.